The van der Waals surface area contributed by atoms with E-state index in [-0.39, 0.29) is 0 Å². The predicted molar refractivity (Wildman–Crippen MR) is 94.8 cm³/mol. The molecule has 0 aromatic carbocycles. The molecule has 0 saturated carbocycles. The number of nitrogens with zero attached hydrogens (tertiary/aromatic N) is 1. The SMILES string of the molecule is CCCCCCCCN(CCCCCCCC)COCC. The first-order valence-corrected chi connectivity index (χ1v) is 9.65. The Hall–Kier alpha value is -0.0800. The standard InChI is InChI=1S/C19H41NO/c1-4-7-9-11-13-15-17-20(19-21-6-3)18-16-14-12-10-8-5-2/h4-19H2,1-3H3. The Balaban J connectivity index is 3.56. The Morgan fingerprint density at radius 3 is 1.43 bits per heavy atom. The quantitative estimate of drug-likeness (QED) is 0.241. The van der Waals surface area contributed by atoms with Gasteiger partial charge in [0.2, 0.25) is 0 Å². The van der Waals surface area contributed by atoms with Crippen molar-refractivity contribution in [2.45, 2.75) is 97.8 Å². The summed E-state index contributed by atoms with van der Waals surface area (Å²) in [6.45, 7) is 10.8. The first-order valence-electron chi connectivity index (χ1n) is 9.65. The molecule has 2 nitrogen and oxygen atoms in total. The van der Waals surface area contributed by atoms with Gasteiger partial charge in [-0.2, -0.15) is 0 Å². The van der Waals surface area contributed by atoms with Crippen molar-refractivity contribution in [1.82, 2.24) is 4.90 Å². The highest BCUT2D eigenvalue weighted by atomic mass is 16.5. The van der Waals surface area contributed by atoms with E-state index in [9.17, 15) is 0 Å². The molecule has 0 bridgehead atoms. The van der Waals surface area contributed by atoms with Gasteiger partial charge < -0.3 is 4.74 Å². The second-order valence-corrected chi connectivity index (χ2v) is 6.28. The first kappa shape index (κ1) is 20.9. The van der Waals surface area contributed by atoms with Crippen molar-refractivity contribution in [3.63, 3.8) is 0 Å². The van der Waals surface area contributed by atoms with Crippen molar-refractivity contribution in [2.75, 3.05) is 26.4 Å². The minimum Gasteiger partial charge on any atom is -0.366 e. The van der Waals surface area contributed by atoms with Crippen LogP contribution in [-0.4, -0.2) is 31.3 Å². The maximum atomic E-state index is 5.61. The molecule has 0 saturated heterocycles. The van der Waals surface area contributed by atoms with E-state index in [1.807, 2.05) is 0 Å². The second-order valence-electron chi connectivity index (χ2n) is 6.28. The minimum atomic E-state index is 0.834. The second kappa shape index (κ2) is 18.0. The zero-order valence-corrected chi connectivity index (χ0v) is 15.2. The summed E-state index contributed by atoms with van der Waals surface area (Å²) in [5, 5.41) is 0. The lowest BCUT2D eigenvalue weighted by molar-refractivity contribution is 0.0334. The Kier molecular flexibility index (Phi) is 17.9. The predicted octanol–water partition coefficient (Wildman–Crippen LogP) is 6.00. The molecular weight excluding hydrogens is 258 g/mol. The molecule has 0 N–H and O–H groups in total. The summed E-state index contributed by atoms with van der Waals surface area (Å²) in [7, 11) is 0. The van der Waals surface area contributed by atoms with Crippen molar-refractivity contribution in [1.29, 1.82) is 0 Å². The molecule has 0 heterocycles. The molecule has 0 aromatic heterocycles. The van der Waals surface area contributed by atoms with Gasteiger partial charge in [0.25, 0.3) is 0 Å². The van der Waals surface area contributed by atoms with Crippen molar-refractivity contribution in [3.05, 3.63) is 0 Å². The van der Waals surface area contributed by atoms with E-state index in [0.717, 1.165) is 13.3 Å². The molecule has 0 aliphatic carbocycles. The zero-order valence-electron chi connectivity index (χ0n) is 15.2. The zero-order chi connectivity index (χ0) is 15.6. The van der Waals surface area contributed by atoms with Crippen molar-refractivity contribution < 1.29 is 4.74 Å². The highest BCUT2D eigenvalue weighted by Gasteiger charge is 2.04. The Labute approximate surface area is 134 Å². The van der Waals surface area contributed by atoms with Gasteiger partial charge in [-0.05, 0) is 19.8 Å². The number of ether oxygens (including phenoxy) is 1. The van der Waals surface area contributed by atoms with Gasteiger partial charge in [0, 0.05) is 19.7 Å². The molecule has 0 rings (SSSR count). The molecular formula is C19H41NO. The van der Waals surface area contributed by atoms with E-state index in [2.05, 4.69) is 25.7 Å². The fourth-order valence-corrected chi connectivity index (χ4v) is 2.69. The number of rotatable bonds is 17. The van der Waals surface area contributed by atoms with Gasteiger partial charge in [-0.25, -0.2) is 0 Å². The fourth-order valence-electron chi connectivity index (χ4n) is 2.69. The van der Waals surface area contributed by atoms with Crippen LogP contribution in [0.4, 0.5) is 0 Å². The molecule has 0 aliphatic rings. The normalized spacial score (nSPS) is 11.4. The van der Waals surface area contributed by atoms with Gasteiger partial charge in [-0.15, -0.1) is 0 Å². The Bertz CT molecular complexity index is 168. The van der Waals surface area contributed by atoms with E-state index < -0.39 is 0 Å². The third-order valence-corrected chi connectivity index (χ3v) is 4.13. The van der Waals surface area contributed by atoms with E-state index in [4.69, 9.17) is 4.74 Å². The van der Waals surface area contributed by atoms with Crippen LogP contribution in [0.5, 0.6) is 0 Å². The lowest BCUT2D eigenvalue weighted by Gasteiger charge is -2.22. The summed E-state index contributed by atoms with van der Waals surface area (Å²) in [5.41, 5.74) is 0. The van der Waals surface area contributed by atoms with Gasteiger partial charge >= 0.3 is 0 Å². The topological polar surface area (TPSA) is 12.5 Å². The average Bonchev–Trinajstić information content (AvgIpc) is 2.50. The molecule has 0 amide bonds. The average molecular weight is 300 g/mol. The third kappa shape index (κ3) is 16.1. The van der Waals surface area contributed by atoms with Crippen LogP contribution in [0.3, 0.4) is 0 Å². The van der Waals surface area contributed by atoms with E-state index in [1.54, 1.807) is 0 Å². The monoisotopic (exact) mass is 299 g/mol. The maximum absolute atomic E-state index is 5.61. The van der Waals surface area contributed by atoms with Crippen molar-refractivity contribution in [2.24, 2.45) is 0 Å². The van der Waals surface area contributed by atoms with Gasteiger partial charge in [0.15, 0.2) is 0 Å². The van der Waals surface area contributed by atoms with Gasteiger partial charge in [-0.1, -0.05) is 78.1 Å². The van der Waals surface area contributed by atoms with Crippen molar-refractivity contribution >= 4 is 0 Å². The highest BCUT2D eigenvalue weighted by molar-refractivity contribution is 4.56. The maximum Gasteiger partial charge on any atom is 0.0990 e. The van der Waals surface area contributed by atoms with Crippen molar-refractivity contribution in [3.8, 4) is 0 Å². The van der Waals surface area contributed by atoms with E-state index in [1.165, 1.54) is 90.1 Å². The van der Waals surface area contributed by atoms with Gasteiger partial charge in [0.1, 0.15) is 0 Å². The molecule has 21 heavy (non-hydrogen) atoms. The molecule has 0 atom stereocenters. The Morgan fingerprint density at radius 2 is 1.00 bits per heavy atom. The smallest absolute Gasteiger partial charge is 0.0990 e. The van der Waals surface area contributed by atoms with Crippen LogP contribution in [0.1, 0.15) is 97.8 Å². The number of hydrogen-bond donors (Lipinski definition) is 0. The summed E-state index contributed by atoms with van der Waals surface area (Å²) < 4.78 is 5.61. The van der Waals surface area contributed by atoms with Crippen LogP contribution in [0.15, 0.2) is 0 Å². The first-order chi connectivity index (χ1) is 10.3. The van der Waals surface area contributed by atoms with Crippen LogP contribution in [0.2, 0.25) is 0 Å². The molecule has 0 radical (unpaired) electrons. The summed E-state index contributed by atoms with van der Waals surface area (Å²) in [6.07, 6.45) is 16.6. The molecule has 128 valence electrons. The largest absolute Gasteiger partial charge is 0.366 e. The molecule has 0 fully saturated rings. The van der Waals surface area contributed by atoms with Gasteiger partial charge in [-0.3, -0.25) is 4.90 Å². The van der Waals surface area contributed by atoms with Crippen LogP contribution in [-0.2, 0) is 4.74 Å². The number of unbranched alkanes of at least 4 members (excludes halogenated alkanes) is 10. The van der Waals surface area contributed by atoms with Gasteiger partial charge in [0.05, 0.1) is 6.73 Å². The highest BCUT2D eigenvalue weighted by Crippen LogP contribution is 2.09. The lowest BCUT2D eigenvalue weighted by Crippen LogP contribution is -2.28. The third-order valence-electron chi connectivity index (χ3n) is 4.13. The summed E-state index contributed by atoms with van der Waals surface area (Å²) in [5.74, 6) is 0. The van der Waals surface area contributed by atoms with Crippen LogP contribution >= 0.6 is 0 Å². The Morgan fingerprint density at radius 1 is 0.571 bits per heavy atom. The fraction of sp³-hybridized carbons (Fsp3) is 1.00. The summed E-state index contributed by atoms with van der Waals surface area (Å²) >= 11 is 0. The van der Waals surface area contributed by atoms with Crippen LogP contribution in [0.25, 0.3) is 0 Å². The van der Waals surface area contributed by atoms with E-state index >= 15 is 0 Å². The summed E-state index contributed by atoms with van der Waals surface area (Å²) in [4.78, 5) is 2.52. The van der Waals surface area contributed by atoms with E-state index in [0.29, 0.717) is 0 Å². The molecule has 0 unspecified atom stereocenters. The molecule has 0 aromatic rings. The van der Waals surface area contributed by atoms with Crippen LogP contribution < -0.4 is 0 Å². The molecule has 0 aliphatic heterocycles. The summed E-state index contributed by atoms with van der Waals surface area (Å²) in [6, 6.07) is 0. The molecule has 2 heteroatoms. The van der Waals surface area contributed by atoms with Crippen LogP contribution in [0, 0.1) is 0 Å². The minimum absolute atomic E-state index is 0.834. The molecule has 0 spiro atoms. The lowest BCUT2D eigenvalue weighted by atomic mass is 10.1. The number of hydrogen-bond acceptors (Lipinski definition) is 2.